The van der Waals surface area contributed by atoms with Crippen LogP contribution in [0.25, 0.3) is 0 Å². The monoisotopic (exact) mass is 457 g/mol. The highest BCUT2D eigenvalue weighted by atomic mass is 16.3. The van der Waals surface area contributed by atoms with Crippen LogP contribution in [0, 0.1) is 0 Å². The van der Waals surface area contributed by atoms with Crippen molar-refractivity contribution < 1.29 is 19.5 Å². The molecule has 182 valence electrons. The van der Waals surface area contributed by atoms with Gasteiger partial charge < -0.3 is 21.1 Å². The van der Waals surface area contributed by atoms with Gasteiger partial charge in [-0.3, -0.25) is 14.4 Å². The number of aromatic hydroxyl groups is 1. The summed E-state index contributed by atoms with van der Waals surface area (Å²) >= 11 is 0. The van der Waals surface area contributed by atoms with Gasteiger partial charge in [0.1, 0.15) is 12.1 Å². The predicted molar refractivity (Wildman–Crippen MR) is 131 cm³/mol. The zero-order valence-corrected chi connectivity index (χ0v) is 19.6. The molecule has 1 aromatic carbocycles. The highest BCUT2D eigenvalue weighted by Crippen LogP contribution is 2.33. The quantitative estimate of drug-likeness (QED) is 0.280. The van der Waals surface area contributed by atoms with Crippen LogP contribution in [0.4, 0.5) is 11.4 Å². The van der Waals surface area contributed by atoms with Gasteiger partial charge in [-0.05, 0) is 25.0 Å². The number of para-hydroxylation sites is 1. The first-order chi connectivity index (χ1) is 16.1. The molecular weight excluding hydrogens is 418 g/mol. The largest absolute Gasteiger partial charge is 0.504 e. The molecule has 1 amide bonds. The number of carbonyl (C=O) groups is 3. The minimum atomic E-state index is -0.716. The molecule has 2 saturated carbocycles. The van der Waals surface area contributed by atoms with E-state index >= 15 is 0 Å². The molecule has 2 unspecified atom stereocenters. The van der Waals surface area contributed by atoms with Crippen molar-refractivity contribution in [3.8, 4) is 5.75 Å². The fourth-order valence-electron chi connectivity index (χ4n) is 4.96. The summed E-state index contributed by atoms with van der Waals surface area (Å²) in [7, 11) is 0. The molecule has 1 aromatic rings. The van der Waals surface area contributed by atoms with Gasteiger partial charge in [0.2, 0.25) is 18.0 Å². The maximum atomic E-state index is 12.4. The second-order valence-corrected chi connectivity index (χ2v) is 9.48. The third-order valence-electron chi connectivity index (χ3n) is 6.97. The summed E-state index contributed by atoms with van der Waals surface area (Å²) in [4.78, 5) is 35.5. The average molecular weight is 458 g/mol. The molecule has 2 fully saturated rings. The second-order valence-electron chi connectivity index (χ2n) is 9.48. The number of Topliss-reactive ketones (excluding diaryl/α,β-unsaturated/α-hetero) is 2. The Kier molecular flexibility index (Phi) is 10.2. The van der Waals surface area contributed by atoms with Crippen molar-refractivity contribution >= 4 is 29.4 Å². The molecule has 33 heavy (non-hydrogen) atoms. The zero-order valence-electron chi connectivity index (χ0n) is 19.6. The van der Waals surface area contributed by atoms with E-state index < -0.39 is 23.7 Å². The van der Waals surface area contributed by atoms with Gasteiger partial charge in [0.15, 0.2) is 5.75 Å². The van der Waals surface area contributed by atoms with E-state index in [1.807, 2.05) is 0 Å². The molecule has 4 N–H and O–H groups in total. The molecule has 2 aliphatic carbocycles. The normalized spacial score (nSPS) is 24.2. The summed E-state index contributed by atoms with van der Waals surface area (Å²) in [6.45, 7) is 0. The van der Waals surface area contributed by atoms with Crippen LogP contribution in [0.5, 0.6) is 5.75 Å². The van der Waals surface area contributed by atoms with Crippen molar-refractivity contribution in [1.82, 2.24) is 5.32 Å². The first kappa shape index (κ1) is 25.2. The number of phenolic OH excluding ortho intramolecular Hbond substituents is 1. The maximum absolute atomic E-state index is 12.4. The van der Waals surface area contributed by atoms with Crippen LogP contribution < -0.4 is 16.0 Å². The molecule has 2 atom stereocenters. The molecule has 0 aliphatic heterocycles. The van der Waals surface area contributed by atoms with E-state index in [0.29, 0.717) is 12.1 Å². The van der Waals surface area contributed by atoms with Gasteiger partial charge in [0, 0.05) is 6.04 Å². The molecular formula is C26H39N3O4. The minimum absolute atomic E-state index is 0.149. The number of hydrogen-bond acceptors (Lipinski definition) is 6. The van der Waals surface area contributed by atoms with Gasteiger partial charge >= 0.3 is 0 Å². The first-order valence-corrected chi connectivity index (χ1v) is 12.7. The number of rotatable bonds is 6. The Morgan fingerprint density at radius 3 is 1.76 bits per heavy atom. The van der Waals surface area contributed by atoms with E-state index in [0.717, 1.165) is 25.7 Å². The summed E-state index contributed by atoms with van der Waals surface area (Å²) in [5, 5.41) is 19.3. The molecule has 0 radical (unpaired) electrons. The SMILES string of the molecule is O=CNc1cccc(NC2C(=O)C(=O)C2NC2CCCCCCCCCCCCCC2)c1O. The van der Waals surface area contributed by atoms with Gasteiger partial charge in [-0.1, -0.05) is 83.1 Å². The van der Waals surface area contributed by atoms with Gasteiger partial charge in [-0.25, -0.2) is 0 Å². The lowest BCUT2D eigenvalue weighted by Crippen LogP contribution is -2.68. The summed E-state index contributed by atoms with van der Waals surface area (Å²) in [6, 6.07) is 3.76. The molecule has 0 bridgehead atoms. The van der Waals surface area contributed by atoms with Crippen molar-refractivity contribution in [2.45, 2.75) is 108 Å². The maximum Gasteiger partial charge on any atom is 0.224 e. The number of carbonyl (C=O) groups excluding carboxylic acids is 3. The predicted octanol–water partition coefficient (Wildman–Crippen LogP) is 4.69. The lowest BCUT2D eigenvalue weighted by Gasteiger charge is -2.37. The van der Waals surface area contributed by atoms with Crippen molar-refractivity contribution in [3.05, 3.63) is 18.2 Å². The third-order valence-corrected chi connectivity index (χ3v) is 6.97. The molecule has 0 aromatic heterocycles. The van der Waals surface area contributed by atoms with E-state index in [1.54, 1.807) is 18.2 Å². The summed E-state index contributed by atoms with van der Waals surface area (Å²) in [5.74, 6) is -1.02. The fraction of sp³-hybridized carbons (Fsp3) is 0.654. The summed E-state index contributed by atoms with van der Waals surface area (Å²) in [5.41, 5.74) is 0.570. The number of ketones is 2. The number of amides is 1. The smallest absolute Gasteiger partial charge is 0.224 e. The standard InChI is InChI=1S/C26H39N3O4/c30-18-27-20-16-13-17-21(24(20)31)29-23-22(25(32)26(23)33)28-19-14-11-9-7-5-3-1-2-4-6-8-10-12-15-19/h13,16-19,22-23,28-29,31H,1-12,14-15H2,(H,27,30). The Morgan fingerprint density at radius 1 is 0.727 bits per heavy atom. The number of benzene rings is 1. The van der Waals surface area contributed by atoms with Gasteiger partial charge in [0.25, 0.3) is 0 Å². The molecule has 0 spiro atoms. The third kappa shape index (κ3) is 7.29. The van der Waals surface area contributed by atoms with E-state index in [-0.39, 0.29) is 17.5 Å². The minimum Gasteiger partial charge on any atom is -0.504 e. The Bertz CT molecular complexity index is 782. The van der Waals surface area contributed by atoms with Crippen LogP contribution in [0.15, 0.2) is 18.2 Å². The lowest BCUT2D eigenvalue weighted by molar-refractivity contribution is -0.145. The second kappa shape index (κ2) is 13.3. The number of anilines is 2. The average Bonchev–Trinajstić information content (AvgIpc) is 2.83. The summed E-state index contributed by atoms with van der Waals surface area (Å²) < 4.78 is 0. The Labute approximate surface area is 197 Å². The Hall–Kier alpha value is -2.41. The van der Waals surface area contributed by atoms with Crippen LogP contribution >= 0.6 is 0 Å². The molecule has 7 heteroatoms. The molecule has 3 rings (SSSR count). The Balaban J connectivity index is 1.60. The Morgan fingerprint density at radius 2 is 1.21 bits per heavy atom. The molecule has 0 saturated heterocycles. The van der Waals surface area contributed by atoms with Crippen LogP contribution in [-0.2, 0) is 14.4 Å². The van der Waals surface area contributed by atoms with E-state index in [1.165, 1.54) is 64.2 Å². The highest BCUT2D eigenvalue weighted by molar-refractivity contribution is 6.49. The molecule has 2 aliphatic rings. The molecule has 0 heterocycles. The van der Waals surface area contributed by atoms with Crippen molar-refractivity contribution in [3.63, 3.8) is 0 Å². The fourth-order valence-corrected chi connectivity index (χ4v) is 4.96. The molecule has 7 nitrogen and oxygen atoms in total. The van der Waals surface area contributed by atoms with Gasteiger partial charge in [0.05, 0.1) is 11.4 Å². The van der Waals surface area contributed by atoms with Gasteiger partial charge in [-0.2, -0.15) is 0 Å². The van der Waals surface area contributed by atoms with Crippen LogP contribution in [0.2, 0.25) is 0 Å². The van der Waals surface area contributed by atoms with Crippen LogP contribution in [-0.4, -0.2) is 41.2 Å². The van der Waals surface area contributed by atoms with Crippen molar-refractivity contribution in [2.75, 3.05) is 10.6 Å². The van der Waals surface area contributed by atoms with Crippen LogP contribution in [0.1, 0.15) is 89.9 Å². The summed E-state index contributed by atoms with van der Waals surface area (Å²) in [6.07, 6.45) is 17.7. The highest BCUT2D eigenvalue weighted by Gasteiger charge is 2.49. The van der Waals surface area contributed by atoms with Crippen LogP contribution in [0.3, 0.4) is 0 Å². The van der Waals surface area contributed by atoms with Crippen molar-refractivity contribution in [2.24, 2.45) is 0 Å². The first-order valence-electron chi connectivity index (χ1n) is 12.7. The van der Waals surface area contributed by atoms with Crippen molar-refractivity contribution in [1.29, 1.82) is 0 Å². The van der Waals surface area contributed by atoms with E-state index in [4.69, 9.17) is 0 Å². The van der Waals surface area contributed by atoms with Gasteiger partial charge in [-0.15, -0.1) is 0 Å². The van der Waals surface area contributed by atoms with E-state index in [9.17, 15) is 19.5 Å². The number of hydrogen-bond donors (Lipinski definition) is 4. The zero-order chi connectivity index (χ0) is 23.5. The number of nitrogens with one attached hydrogen (secondary N) is 3. The topological polar surface area (TPSA) is 108 Å². The number of phenols is 1. The van der Waals surface area contributed by atoms with E-state index in [2.05, 4.69) is 16.0 Å². The lowest BCUT2D eigenvalue weighted by atomic mass is 9.81.